The first-order valence-electron chi connectivity index (χ1n) is 12.1. The molecular formula is C24H39N3O2. The molecule has 5 heteroatoms. The van der Waals surface area contributed by atoms with E-state index in [0.717, 1.165) is 77.3 Å². The third-order valence-electron chi connectivity index (χ3n) is 8.81. The lowest BCUT2D eigenvalue weighted by Crippen LogP contribution is -2.62. The van der Waals surface area contributed by atoms with Gasteiger partial charge in [0.15, 0.2) is 0 Å². The van der Waals surface area contributed by atoms with Crippen LogP contribution in [-0.4, -0.2) is 72.3 Å². The van der Waals surface area contributed by atoms with Gasteiger partial charge in [-0.1, -0.05) is 13.8 Å². The zero-order chi connectivity index (χ0) is 20.3. The van der Waals surface area contributed by atoms with E-state index in [0.29, 0.717) is 23.3 Å². The SMILES string of the molecule is CC12CC3CC(C)(C1)CC(C(=O)N1CCN(CC(=O)N4CCCCC4)CC1)(C3)C2. The van der Waals surface area contributed by atoms with Gasteiger partial charge in [0, 0.05) is 39.3 Å². The molecule has 162 valence electrons. The number of hydrogen-bond donors (Lipinski definition) is 0. The molecule has 29 heavy (non-hydrogen) atoms. The zero-order valence-electron chi connectivity index (χ0n) is 18.5. The summed E-state index contributed by atoms with van der Waals surface area (Å²) in [5.74, 6) is 1.49. The molecule has 2 heterocycles. The molecule has 4 saturated carbocycles. The Bertz CT molecular complexity index is 660. The van der Waals surface area contributed by atoms with E-state index in [1.165, 1.54) is 25.7 Å². The Morgan fingerprint density at radius 1 is 0.759 bits per heavy atom. The van der Waals surface area contributed by atoms with E-state index in [-0.39, 0.29) is 11.3 Å². The molecule has 0 aromatic carbocycles. The van der Waals surface area contributed by atoms with Gasteiger partial charge in [-0.25, -0.2) is 0 Å². The number of rotatable bonds is 3. The van der Waals surface area contributed by atoms with Gasteiger partial charge in [0.25, 0.3) is 0 Å². The fourth-order valence-electron chi connectivity index (χ4n) is 8.57. The van der Waals surface area contributed by atoms with Crippen molar-refractivity contribution in [3.05, 3.63) is 0 Å². The molecule has 2 unspecified atom stereocenters. The normalized spacial score (nSPS) is 42.3. The molecule has 0 aromatic heterocycles. The molecule has 2 amide bonds. The molecule has 2 aliphatic heterocycles. The van der Waals surface area contributed by atoms with Crippen molar-refractivity contribution in [2.45, 2.75) is 71.6 Å². The Hall–Kier alpha value is -1.10. The second-order valence-electron chi connectivity index (χ2n) is 11.9. The van der Waals surface area contributed by atoms with E-state index < -0.39 is 0 Å². The maximum atomic E-state index is 13.7. The molecule has 4 aliphatic carbocycles. The number of piperidine rings is 1. The third kappa shape index (κ3) is 3.62. The van der Waals surface area contributed by atoms with Crippen LogP contribution in [0.2, 0.25) is 0 Å². The van der Waals surface area contributed by atoms with Crippen molar-refractivity contribution in [1.29, 1.82) is 0 Å². The number of piperazine rings is 1. The fourth-order valence-corrected chi connectivity index (χ4v) is 8.57. The summed E-state index contributed by atoms with van der Waals surface area (Å²) in [6, 6.07) is 0. The number of hydrogen-bond acceptors (Lipinski definition) is 3. The van der Waals surface area contributed by atoms with Crippen molar-refractivity contribution >= 4 is 11.8 Å². The lowest BCUT2D eigenvalue weighted by molar-refractivity contribution is -0.180. The number of likely N-dealkylation sites (tertiary alicyclic amines) is 1. The molecule has 4 bridgehead atoms. The summed E-state index contributed by atoms with van der Waals surface area (Å²) in [6.07, 6.45) is 10.9. The van der Waals surface area contributed by atoms with Crippen LogP contribution in [0, 0.1) is 22.2 Å². The Morgan fingerprint density at radius 3 is 1.97 bits per heavy atom. The van der Waals surface area contributed by atoms with Crippen LogP contribution in [0.1, 0.15) is 71.6 Å². The summed E-state index contributed by atoms with van der Waals surface area (Å²) >= 11 is 0. The highest BCUT2D eigenvalue weighted by molar-refractivity contribution is 5.84. The van der Waals surface area contributed by atoms with E-state index in [9.17, 15) is 9.59 Å². The molecule has 0 aromatic rings. The second-order valence-corrected chi connectivity index (χ2v) is 11.9. The summed E-state index contributed by atoms with van der Waals surface area (Å²) in [7, 11) is 0. The molecule has 6 fully saturated rings. The van der Waals surface area contributed by atoms with Crippen LogP contribution < -0.4 is 0 Å². The number of amides is 2. The molecule has 0 spiro atoms. The van der Waals surface area contributed by atoms with Crippen LogP contribution in [0.15, 0.2) is 0 Å². The average Bonchev–Trinajstić information content (AvgIpc) is 2.66. The molecule has 0 N–H and O–H groups in total. The van der Waals surface area contributed by atoms with Crippen molar-refractivity contribution in [2.24, 2.45) is 22.2 Å². The molecule has 6 rings (SSSR count). The Morgan fingerprint density at radius 2 is 1.38 bits per heavy atom. The van der Waals surface area contributed by atoms with Crippen LogP contribution in [0.5, 0.6) is 0 Å². The molecule has 6 aliphatic rings. The minimum Gasteiger partial charge on any atom is -0.342 e. The van der Waals surface area contributed by atoms with Gasteiger partial charge in [0.05, 0.1) is 12.0 Å². The van der Waals surface area contributed by atoms with Crippen LogP contribution in [0.3, 0.4) is 0 Å². The predicted molar refractivity (Wildman–Crippen MR) is 113 cm³/mol. The van der Waals surface area contributed by atoms with Crippen molar-refractivity contribution in [1.82, 2.24) is 14.7 Å². The molecule has 5 nitrogen and oxygen atoms in total. The maximum absolute atomic E-state index is 13.7. The standard InChI is InChI=1S/C24H39N3O2/c1-22-12-19-13-23(2,16-22)18-24(14-19,17-22)21(29)27-10-8-25(9-11-27)15-20(28)26-6-4-3-5-7-26/h19H,3-18H2,1-2H3. The van der Waals surface area contributed by atoms with E-state index in [1.807, 2.05) is 4.90 Å². The van der Waals surface area contributed by atoms with Gasteiger partial charge in [-0.2, -0.15) is 0 Å². The summed E-state index contributed by atoms with van der Waals surface area (Å²) < 4.78 is 0. The number of nitrogens with zero attached hydrogens (tertiary/aromatic N) is 3. The smallest absolute Gasteiger partial charge is 0.236 e. The third-order valence-corrected chi connectivity index (χ3v) is 8.81. The van der Waals surface area contributed by atoms with Gasteiger partial charge in [0.2, 0.25) is 11.8 Å². The first-order chi connectivity index (χ1) is 13.8. The van der Waals surface area contributed by atoms with E-state index >= 15 is 0 Å². The molecule has 2 atom stereocenters. The average molecular weight is 402 g/mol. The Labute approximate surface area is 176 Å². The van der Waals surface area contributed by atoms with Crippen molar-refractivity contribution in [3.63, 3.8) is 0 Å². The van der Waals surface area contributed by atoms with E-state index in [2.05, 4.69) is 23.6 Å². The highest BCUT2D eigenvalue weighted by atomic mass is 16.2. The van der Waals surface area contributed by atoms with Crippen LogP contribution in [0.4, 0.5) is 0 Å². The van der Waals surface area contributed by atoms with Gasteiger partial charge in [-0.3, -0.25) is 14.5 Å². The maximum Gasteiger partial charge on any atom is 0.236 e. The monoisotopic (exact) mass is 401 g/mol. The summed E-state index contributed by atoms with van der Waals surface area (Å²) in [4.78, 5) is 32.8. The Kier molecular flexibility index (Phi) is 4.76. The van der Waals surface area contributed by atoms with Gasteiger partial charge >= 0.3 is 0 Å². The molecular weight excluding hydrogens is 362 g/mol. The van der Waals surface area contributed by atoms with Crippen LogP contribution in [0.25, 0.3) is 0 Å². The lowest BCUT2D eigenvalue weighted by Gasteiger charge is -2.65. The first kappa shape index (κ1) is 19.8. The van der Waals surface area contributed by atoms with Gasteiger partial charge < -0.3 is 9.80 Å². The second kappa shape index (κ2) is 6.96. The number of carbonyl (C=O) groups is 2. The lowest BCUT2D eigenvalue weighted by atomic mass is 9.40. The zero-order valence-corrected chi connectivity index (χ0v) is 18.5. The van der Waals surface area contributed by atoms with Gasteiger partial charge in [-0.15, -0.1) is 0 Å². The van der Waals surface area contributed by atoms with Crippen molar-refractivity contribution in [3.8, 4) is 0 Å². The topological polar surface area (TPSA) is 43.9 Å². The summed E-state index contributed by atoms with van der Waals surface area (Å²) in [5, 5.41) is 0. The highest BCUT2D eigenvalue weighted by Crippen LogP contribution is 2.69. The minimum absolute atomic E-state index is 0.0886. The van der Waals surface area contributed by atoms with Gasteiger partial charge in [0.1, 0.15) is 0 Å². The first-order valence-corrected chi connectivity index (χ1v) is 12.1. The summed E-state index contributed by atoms with van der Waals surface area (Å²) in [5.41, 5.74) is 0.674. The Balaban J connectivity index is 1.19. The number of carbonyl (C=O) groups excluding carboxylic acids is 2. The minimum atomic E-state index is -0.0886. The predicted octanol–water partition coefficient (Wildman–Crippen LogP) is 3.14. The van der Waals surface area contributed by atoms with Crippen LogP contribution >= 0.6 is 0 Å². The van der Waals surface area contributed by atoms with E-state index in [1.54, 1.807) is 0 Å². The fraction of sp³-hybridized carbons (Fsp3) is 0.917. The van der Waals surface area contributed by atoms with Crippen molar-refractivity contribution < 1.29 is 9.59 Å². The van der Waals surface area contributed by atoms with Crippen molar-refractivity contribution in [2.75, 3.05) is 45.8 Å². The highest BCUT2D eigenvalue weighted by Gasteiger charge is 2.63. The molecule has 0 radical (unpaired) electrons. The quantitative estimate of drug-likeness (QED) is 0.730. The van der Waals surface area contributed by atoms with Gasteiger partial charge in [-0.05, 0) is 74.5 Å². The van der Waals surface area contributed by atoms with Crippen LogP contribution in [-0.2, 0) is 9.59 Å². The van der Waals surface area contributed by atoms with E-state index in [4.69, 9.17) is 0 Å². The summed E-state index contributed by atoms with van der Waals surface area (Å²) in [6.45, 7) is 10.6. The molecule has 2 saturated heterocycles. The largest absolute Gasteiger partial charge is 0.342 e.